The van der Waals surface area contributed by atoms with Gasteiger partial charge in [0.2, 0.25) is 5.82 Å². The van der Waals surface area contributed by atoms with Crippen LogP contribution in [-0.4, -0.2) is 48.3 Å². The number of nitrogens with zero attached hydrogens (tertiary/aromatic N) is 5. The number of imidazole rings is 1. The van der Waals surface area contributed by atoms with Crippen molar-refractivity contribution in [3.63, 3.8) is 0 Å². The summed E-state index contributed by atoms with van der Waals surface area (Å²) < 4.78 is 56.5. The van der Waals surface area contributed by atoms with E-state index < -0.39 is 29.3 Å². The van der Waals surface area contributed by atoms with Crippen molar-refractivity contribution < 1.29 is 32.5 Å². The van der Waals surface area contributed by atoms with Crippen LogP contribution in [-0.2, 0) is 24.3 Å². The lowest BCUT2D eigenvalue weighted by molar-refractivity contribution is -0.0590. The van der Waals surface area contributed by atoms with Gasteiger partial charge in [0.05, 0.1) is 24.4 Å². The molecule has 1 aliphatic heterocycles. The summed E-state index contributed by atoms with van der Waals surface area (Å²) in [6, 6.07) is 11.4. The van der Waals surface area contributed by atoms with E-state index in [-0.39, 0.29) is 46.8 Å². The van der Waals surface area contributed by atoms with E-state index in [9.17, 15) is 18.7 Å². The SMILES string of the molecule is O=C(O)c1ccc2nc(Cc3ccc(-c4ncc(F)c(OCc5ccc(Cl)cc5F)n4)c(F)c3)n(C[C@@H]3CCO3)c2n1. The molecule has 13 heteroatoms. The fraction of sp³-hybridized carbons (Fsp3) is 0.207. The van der Waals surface area contributed by atoms with E-state index in [1.807, 2.05) is 0 Å². The van der Waals surface area contributed by atoms with Gasteiger partial charge in [-0.3, -0.25) is 0 Å². The van der Waals surface area contributed by atoms with Gasteiger partial charge in [-0.25, -0.2) is 28.5 Å². The van der Waals surface area contributed by atoms with Gasteiger partial charge in [0.25, 0.3) is 5.88 Å². The number of carboxylic acid groups (broad SMARTS) is 1. The number of carbonyl (C=O) groups is 1. The van der Waals surface area contributed by atoms with Crippen molar-refractivity contribution in [3.05, 3.63) is 99.8 Å². The van der Waals surface area contributed by atoms with Crippen LogP contribution in [0.15, 0.2) is 54.7 Å². The van der Waals surface area contributed by atoms with Gasteiger partial charge in [0.1, 0.15) is 29.6 Å². The number of hydrogen-bond acceptors (Lipinski definition) is 7. The van der Waals surface area contributed by atoms with Crippen LogP contribution >= 0.6 is 11.6 Å². The van der Waals surface area contributed by atoms with Crippen LogP contribution in [0.1, 0.15) is 33.9 Å². The second-order valence-electron chi connectivity index (χ2n) is 9.63. The highest BCUT2D eigenvalue weighted by molar-refractivity contribution is 6.30. The number of fused-ring (bicyclic) bond motifs is 1. The third kappa shape index (κ3) is 5.63. The zero-order valence-electron chi connectivity index (χ0n) is 21.7. The average Bonchev–Trinajstić information content (AvgIpc) is 3.27. The maximum atomic E-state index is 15.3. The molecule has 0 unspecified atom stereocenters. The first kappa shape index (κ1) is 27.6. The Morgan fingerprint density at radius 1 is 1.05 bits per heavy atom. The van der Waals surface area contributed by atoms with Gasteiger partial charge in [-0.2, -0.15) is 9.37 Å². The molecule has 9 nitrogen and oxygen atoms in total. The van der Waals surface area contributed by atoms with E-state index >= 15 is 4.39 Å². The first-order valence-electron chi connectivity index (χ1n) is 12.8. The summed E-state index contributed by atoms with van der Waals surface area (Å²) in [6.07, 6.45) is 1.86. The first-order chi connectivity index (χ1) is 20.2. The summed E-state index contributed by atoms with van der Waals surface area (Å²) in [7, 11) is 0. The Morgan fingerprint density at radius 2 is 1.88 bits per heavy atom. The number of aromatic carboxylic acids is 1. The van der Waals surface area contributed by atoms with Crippen molar-refractivity contribution in [1.82, 2.24) is 24.5 Å². The molecule has 1 N–H and O–H groups in total. The summed E-state index contributed by atoms with van der Waals surface area (Å²) in [5.74, 6) is -3.34. The number of ether oxygens (including phenoxy) is 2. The van der Waals surface area contributed by atoms with Gasteiger partial charge in [0, 0.05) is 23.6 Å². The van der Waals surface area contributed by atoms with E-state index in [4.69, 9.17) is 21.1 Å². The Labute approximate surface area is 241 Å². The maximum Gasteiger partial charge on any atom is 0.354 e. The third-order valence-corrected chi connectivity index (χ3v) is 7.03. The summed E-state index contributed by atoms with van der Waals surface area (Å²) in [4.78, 5) is 28.3. The Hall–Kier alpha value is -4.55. The van der Waals surface area contributed by atoms with Crippen LogP contribution in [0.5, 0.6) is 5.88 Å². The zero-order chi connectivity index (χ0) is 29.4. The predicted molar refractivity (Wildman–Crippen MR) is 145 cm³/mol. The van der Waals surface area contributed by atoms with Crippen molar-refractivity contribution in [2.75, 3.05) is 6.61 Å². The van der Waals surface area contributed by atoms with E-state index in [0.717, 1.165) is 18.7 Å². The first-order valence-corrected chi connectivity index (χ1v) is 13.2. The lowest BCUT2D eigenvalue weighted by atomic mass is 10.1. The summed E-state index contributed by atoms with van der Waals surface area (Å²) in [5, 5.41) is 9.59. The Morgan fingerprint density at radius 3 is 2.60 bits per heavy atom. The molecular weight excluding hydrogens is 575 g/mol. The lowest BCUT2D eigenvalue weighted by Gasteiger charge is -2.27. The van der Waals surface area contributed by atoms with E-state index in [0.29, 0.717) is 35.7 Å². The van der Waals surface area contributed by atoms with E-state index in [1.54, 1.807) is 16.7 Å². The highest BCUT2D eigenvalue weighted by Gasteiger charge is 2.24. The zero-order valence-corrected chi connectivity index (χ0v) is 22.5. The second-order valence-corrected chi connectivity index (χ2v) is 10.1. The summed E-state index contributed by atoms with van der Waals surface area (Å²) in [5.41, 5.74) is 1.52. The normalized spacial score (nSPS) is 14.6. The molecular formula is C29H21ClF3N5O4. The van der Waals surface area contributed by atoms with Crippen molar-refractivity contribution in [1.29, 1.82) is 0 Å². The number of aromatic nitrogens is 5. The molecule has 1 aliphatic rings. The van der Waals surface area contributed by atoms with Crippen LogP contribution in [0, 0.1) is 17.5 Å². The molecule has 214 valence electrons. The molecule has 5 aromatic rings. The topological polar surface area (TPSA) is 112 Å². The molecule has 0 aliphatic carbocycles. The monoisotopic (exact) mass is 595 g/mol. The summed E-state index contributed by atoms with van der Waals surface area (Å²) in [6.45, 7) is 0.741. The van der Waals surface area contributed by atoms with E-state index in [1.165, 1.54) is 30.3 Å². The standard InChI is InChI=1S/C29H21ClF3N5O4/c30-17-3-2-16(20(31)11-17)14-42-28-22(33)12-34-26(37-28)19-4-1-15(9-21(19)32)10-25-35-23-5-6-24(29(39)40)36-27(23)38(25)13-18-7-8-41-18/h1-6,9,11-12,18H,7-8,10,13-14H2,(H,39,40)/t18-/m0/s1. The maximum absolute atomic E-state index is 15.3. The highest BCUT2D eigenvalue weighted by atomic mass is 35.5. The minimum Gasteiger partial charge on any atom is -0.477 e. The van der Waals surface area contributed by atoms with Gasteiger partial charge in [0.15, 0.2) is 17.2 Å². The van der Waals surface area contributed by atoms with Gasteiger partial charge in [-0.05, 0) is 48.4 Å². The Balaban J connectivity index is 1.25. The summed E-state index contributed by atoms with van der Waals surface area (Å²) >= 11 is 5.76. The fourth-order valence-corrected chi connectivity index (χ4v) is 4.69. The highest BCUT2D eigenvalue weighted by Crippen LogP contribution is 2.27. The molecule has 1 saturated heterocycles. The number of carboxylic acids is 1. The van der Waals surface area contributed by atoms with Crippen molar-refractivity contribution in [2.45, 2.75) is 32.1 Å². The second kappa shape index (κ2) is 11.4. The molecule has 0 bridgehead atoms. The minimum absolute atomic E-state index is 0.00501. The van der Waals surface area contributed by atoms with Gasteiger partial charge in [-0.15, -0.1) is 0 Å². The number of rotatable bonds is 9. The van der Waals surface area contributed by atoms with Crippen LogP contribution in [0.4, 0.5) is 13.2 Å². The molecule has 0 spiro atoms. The van der Waals surface area contributed by atoms with Crippen molar-refractivity contribution in [3.8, 4) is 17.3 Å². The lowest BCUT2D eigenvalue weighted by Crippen LogP contribution is -2.32. The van der Waals surface area contributed by atoms with Crippen LogP contribution < -0.4 is 4.74 Å². The van der Waals surface area contributed by atoms with Crippen LogP contribution in [0.3, 0.4) is 0 Å². The van der Waals surface area contributed by atoms with Gasteiger partial charge < -0.3 is 19.1 Å². The molecule has 6 rings (SSSR count). The van der Waals surface area contributed by atoms with E-state index in [2.05, 4.69) is 19.9 Å². The molecule has 42 heavy (non-hydrogen) atoms. The average molecular weight is 596 g/mol. The molecule has 4 heterocycles. The van der Waals surface area contributed by atoms with Crippen LogP contribution in [0.25, 0.3) is 22.6 Å². The molecule has 1 atom stereocenters. The quantitative estimate of drug-likeness (QED) is 0.234. The number of pyridine rings is 1. The molecule has 0 radical (unpaired) electrons. The van der Waals surface area contributed by atoms with Gasteiger partial charge >= 0.3 is 5.97 Å². The molecule has 1 fully saturated rings. The van der Waals surface area contributed by atoms with Gasteiger partial charge in [-0.1, -0.05) is 23.7 Å². The largest absolute Gasteiger partial charge is 0.477 e. The third-order valence-electron chi connectivity index (χ3n) is 6.80. The molecule has 0 saturated carbocycles. The Bertz CT molecular complexity index is 1830. The number of hydrogen-bond donors (Lipinski definition) is 1. The smallest absolute Gasteiger partial charge is 0.354 e. The van der Waals surface area contributed by atoms with Crippen molar-refractivity contribution >= 4 is 28.7 Å². The molecule has 3 aromatic heterocycles. The minimum atomic E-state index is -1.16. The van der Waals surface area contributed by atoms with Crippen molar-refractivity contribution in [2.24, 2.45) is 0 Å². The molecule has 2 aromatic carbocycles. The number of halogens is 4. The predicted octanol–water partition coefficient (Wildman–Crippen LogP) is 5.62. The molecule has 0 amide bonds. The van der Waals surface area contributed by atoms with Crippen LogP contribution in [0.2, 0.25) is 5.02 Å². The number of benzene rings is 2. The Kier molecular flexibility index (Phi) is 7.48. The fourth-order valence-electron chi connectivity index (χ4n) is 4.53.